The maximum absolute atomic E-state index is 13.9. The zero-order chi connectivity index (χ0) is 47.5. The zero-order valence-corrected chi connectivity index (χ0v) is 38.3. The molecule has 0 saturated carbocycles. The second kappa shape index (κ2) is 24.8. The molecule has 0 aliphatic carbocycles. The Kier molecular flexibility index (Phi) is 17.6. The standard InChI is InChI=1S/C29H29NO4.C29H27NO4/c2*1-33-29(32)26-20-25(34-19-11-14-22-12-5-2-6-13-22)21-30(26)28(31)27(23-15-7-3-8-16-23)24-17-9-4-10-18-24/h2-18,25-27H,19-21H2,1H3;2-10,12-13,15-18,25-27H,19-21H2,1H3/b14-11-;/t2*25-,26-/m00/s1. The zero-order valence-electron chi connectivity index (χ0n) is 38.3. The summed E-state index contributed by atoms with van der Waals surface area (Å²) >= 11 is 0. The van der Waals surface area contributed by atoms with Crippen LogP contribution in [-0.4, -0.2) is 98.4 Å². The van der Waals surface area contributed by atoms with Crippen molar-refractivity contribution in [2.24, 2.45) is 0 Å². The molecule has 2 heterocycles. The van der Waals surface area contributed by atoms with E-state index in [1.165, 1.54) is 14.2 Å². The van der Waals surface area contributed by atoms with E-state index in [2.05, 4.69) is 11.8 Å². The average Bonchev–Trinajstić information content (AvgIpc) is 4.04. The van der Waals surface area contributed by atoms with Gasteiger partial charge in [-0.1, -0.05) is 194 Å². The number of hydrogen-bond acceptors (Lipinski definition) is 8. The molecule has 2 saturated heterocycles. The molecule has 10 heteroatoms. The van der Waals surface area contributed by atoms with Gasteiger partial charge in [0, 0.05) is 31.5 Å². The first-order valence-corrected chi connectivity index (χ1v) is 22.8. The maximum Gasteiger partial charge on any atom is 0.328 e. The van der Waals surface area contributed by atoms with Gasteiger partial charge in [-0.2, -0.15) is 0 Å². The van der Waals surface area contributed by atoms with E-state index in [1.807, 2.05) is 194 Å². The van der Waals surface area contributed by atoms with Crippen LogP contribution in [0.3, 0.4) is 0 Å². The molecule has 0 radical (unpaired) electrons. The Balaban J connectivity index is 0.000000201. The number of amides is 2. The second-order valence-electron chi connectivity index (χ2n) is 16.4. The van der Waals surface area contributed by atoms with Crippen molar-refractivity contribution in [2.45, 2.75) is 49.0 Å². The number of carbonyl (C=O) groups is 4. The van der Waals surface area contributed by atoms with Gasteiger partial charge in [-0.25, -0.2) is 9.59 Å². The fourth-order valence-corrected chi connectivity index (χ4v) is 8.67. The number of rotatable bonds is 14. The minimum atomic E-state index is -0.695. The molecule has 2 amide bonds. The van der Waals surface area contributed by atoms with Gasteiger partial charge < -0.3 is 28.7 Å². The third-order valence-corrected chi connectivity index (χ3v) is 12.0. The van der Waals surface area contributed by atoms with E-state index in [-0.39, 0.29) is 30.6 Å². The van der Waals surface area contributed by atoms with E-state index in [0.717, 1.165) is 33.4 Å². The molecule has 2 aliphatic heterocycles. The molecule has 0 spiro atoms. The molecule has 2 aliphatic rings. The summed E-state index contributed by atoms with van der Waals surface area (Å²) in [5, 5.41) is 0. The number of carbonyl (C=O) groups excluding carboxylic acids is 4. The molecule has 6 aromatic rings. The Bertz CT molecular complexity index is 2540. The molecule has 0 aromatic heterocycles. The van der Waals surface area contributed by atoms with Crippen LogP contribution in [0.5, 0.6) is 0 Å². The SMILES string of the molecule is COC(=O)[C@@H]1C[C@H](OC/C=C\c2ccccc2)CN1C(=O)C(c1ccccc1)c1ccccc1.COC(=O)[C@@H]1C[C@H](OCC#Cc2ccccc2)CN1C(=O)C(c1ccccc1)c1ccccc1. The summed E-state index contributed by atoms with van der Waals surface area (Å²) in [5.74, 6) is 3.92. The molecule has 0 N–H and O–H groups in total. The molecule has 6 aromatic carbocycles. The quantitative estimate of drug-likeness (QED) is 0.0789. The fourth-order valence-electron chi connectivity index (χ4n) is 8.67. The molecular weight excluding hydrogens is 853 g/mol. The van der Waals surface area contributed by atoms with Crippen molar-refractivity contribution in [2.75, 3.05) is 40.5 Å². The highest BCUT2D eigenvalue weighted by Gasteiger charge is 2.45. The monoisotopic (exact) mass is 908 g/mol. The van der Waals surface area contributed by atoms with Crippen molar-refractivity contribution in [3.8, 4) is 11.8 Å². The Morgan fingerprint density at radius 3 is 1.29 bits per heavy atom. The van der Waals surface area contributed by atoms with Gasteiger partial charge in [-0.3, -0.25) is 9.59 Å². The number of likely N-dealkylation sites (tertiary alicyclic amines) is 2. The molecular formula is C58H56N2O8. The van der Waals surface area contributed by atoms with Crippen LogP contribution in [0.2, 0.25) is 0 Å². The van der Waals surface area contributed by atoms with E-state index in [0.29, 0.717) is 32.5 Å². The molecule has 0 bridgehead atoms. The number of benzene rings is 6. The van der Waals surface area contributed by atoms with E-state index < -0.39 is 35.9 Å². The summed E-state index contributed by atoms with van der Waals surface area (Å²) in [6.45, 7) is 1.27. The molecule has 346 valence electrons. The number of nitrogens with zero attached hydrogens (tertiary/aromatic N) is 2. The summed E-state index contributed by atoms with van der Waals surface area (Å²) in [5.41, 5.74) is 5.53. The second-order valence-corrected chi connectivity index (χ2v) is 16.4. The Labute approximate surface area is 399 Å². The highest BCUT2D eigenvalue weighted by atomic mass is 16.5. The molecule has 10 nitrogen and oxygen atoms in total. The van der Waals surface area contributed by atoms with Gasteiger partial charge in [-0.15, -0.1) is 0 Å². The summed E-state index contributed by atoms with van der Waals surface area (Å²) < 4.78 is 22.0. The third kappa shape index (κ3) is 12.9. The van der Waals surface area contributed by atoms with Crippen LogP contribution in [0.1, 0.15) is 58.1 Å². The first kappa shape index (κ1) is 48.4. The van der Waals surface area contributed by atoms with Crippen molar-refractivity contribution in [3.63, 3.8) is 0 Å². The third-order valence-electron chi connectivity index (χ3n) is 12.0. The lowest BCUT2D eigenvalue weighted by Crippen LogP contribution is -2.43. The highest BCUT2D eigenvalue weighted by molar-refractivity contribution is 5.92. The van der Waals surface area contributed by atoms with Crippen LogP contribution in [0.4, 0.5) is 0 Å². The lowest BCUT2D eigenvalue weighted by molar-refractivity contribution is -0.151. The average molecular weight is 909 g/mol. The minimum Gasteiger partial charge on any atom is -0.467 e. The summed E-state index contributed by atoms with van der Waals surface area (Å²) in [6, 6.07) is 56.9. The lowest BCUT2D eigenvalue weighted by Gasteiger charge is -2.28. The Morgan fingerprint density at radius 2 is 0.897 bits per heavy atom. The number of hydrogen-bond donors (Lipinski definition) is 0. The van der Waals surface area contributed by atoms with Crippen molar-refractivity contribution < 1.29 is 38.1 Å². The van der Waals surface area contributed by atoms with E-state index in [1.54, 1.807) is 9.80 Å². The predicted octanol–water partition coefficient (Wildman–Crippen LogP) is 8.72. The number of methoxy groups -OCH3 is 2. The topological polar surface area (TPSA) is 112 Å². The summed E-state index contributed by atoms with van der Waals surface area (Å²) in [7, 11) is 2.70. The first-order valence-electron chi connectivity index (χ1n) is 22.8. The van der Waals surface area contributed by atoms with Crippen LogP contribution in [0.15, 0.2) is 188 Å². The summed E-state index contributed by atoms with van der Waals surface area (Å²) in [6.07, 6.45) is 4.18. The molecule has 0 unspecified atom stereocenters. The molecule has 68 heavy (non-hydrogen) atoms. The Hall–Kier alpha value is -7.58. The largest absolute Gasteiger partial charge is 0.467 e. The predicted molar refractivity (Wildman–Crippen MR) is 262 cm³/mol. The van der Waals surface area contributed by atoms with Gasteiger partial charge in [0.1, 0.15) is 18.7 Å². The van der Waals surface area contributed by atoms with Crippen LogP contribution in [-0.2, 0) is 38.1 Å². The van der Waals surface area contributed by atoms with E-state index in [9.17, 15) is 19.2 Å². The summed E-state index contributed by atoms with van der Waals surface area (Å²) in [4.78, 5) is 56.2. The van der Waals surface area contributed by atoms with Crippen molar-refractivity contribution in [1.29, 1.82) is 0 Å². The van der Waals surface area contributed by atoms with Crippen molar-refractivity contribution in [3.05, 3.63) is 221 Å². The Morgan fingerprint density at radius 1 is 0.529 bits per heavy atom. The highest BCUT2D eigenvalue weighted by Crippen LogP contribution is 2.33. The van der Waals surface area contributed by atoms with Crippen molar-refractivity contribution >= 4 is 29.8 Å². The number of esters is 2. The van der Waals surface area contributed by atoms with Gasteiger partial charge in [-0.05, 0) is 39.9 Å². The van der Waals surface area contributed by atoms with Gasteiger partial charge in [0.05, 0.1) is 44.9 Å². The van der Waals surface area contributed by atoms with E-state index in [4.69, 9.17) is 18.9 Å². The molecule has 2 fully saturated rings. The minimum absolute atomic E-state index is 0.126. The lowest BCUT2D eigenvalue weighted by atomic mass is 9.90. The normalized spacial score (nSPS) is 17.5. The molecule has 8 rings (SSSR count). The van der Waals surface area contributed by atoms with Crippen LogP contribution < -0.4 is 0 Å². The first-order chi connectivity index (χ1) is 33.3. The van der Waals surface area contributed by atoms with Gasteiger partial charge in [0.25, 0.3) is 0 Å². The molecule has 4 atom stereocenters. The maximum atomic E-state index is 13.9. The van der Waals surface area contributed by atoms with Gasteiger partial charge in [0.2, 0.25) is 11.8 Å². The van der Waals surface area contributed by atoms with Crippen LogP contribution >= 0.6 is 0 Å². The van der Waals surface area contributed by atoms with Crippen LogP contribution in [0.25, 0.3) is 6.08 Å². The van der Waals surface area contributed by atoms with E-state index >= 15 is 0 Å². The smallest absolute Gasteiger partial charge is 0.328 e. The van der Waals surface area contributed by atoms with Gasteiger partial charge in [0.15, 0.2) is 0 Å². The fraction of sp³-hybridized carbons (Fsp3) is 0.241. The van der Waals surface area contributed by atoms with Crippen LogP contribution in [0, 0.1) is 11.8 Å². The van der Waals surface area contributed by atoms with Crippen molar-refractivity contribution in [1.82, 2.24) is 9.80 Å². The van der Waals surface area contributed by atoms with Gasteiger partial charge >= 0.3 is 11.9 Å². The number of ether oxygens (including phenoxy) is 4.